The first-order valence-corrected chi connectivity index (χ1v) is 6.83. The molecule has 2 heteroatoms. The fourth-order valence-corrected chi connectivity index (χ4v) is 2.83. The number of rotatable bonds is 3. The van der Waals surface area contributed by atoms with Gasteiger partial charge < -0.3 is 4.74 Å². The summed E-state index contributed by atoms with van der Waals surface area (Å²) in [4.78, 5) is 12.6. The molecule has 1 aromatic carbocycles. The molecule has 1 aliphatic carbocycles. The minimum Gasteiger partial charge on any atom is -0.496 e. The normalized spacial score (nSPS) is 16.6. The molecule has 0 amide bonds. The topological polar surface area (TPSA) is 26.3 Å². The zero-order chi connectivity index (χ0) is 13.1. The van der Waals surface area contributed by atoms with E-state index in [4.69, 9.17) is 4.74 Å². The first kappa shape index (κ1) is 13.1. The molecule has 0 spiro atoms. The van der Waals surface area contributed by atoms with Gasteiger partial charge in [-0.05, 0) is 43.9 Å². The van der Waals surface area contributed by atoms with E-state index in [0.29, 0.717) is 0 Å². The van der Waals surface area contributed by atoms with Gasteiger partial charge in [0.1, 0.15) is 5.75 Å². The summed E-state index contributed by atoms with van der Waals surface area (Å²) in [6.07, 6.45) is 5.71. The third kappa shape index (κ3) is 2.43. The smallest absolute Gasteiger partial charge is 0.169 e. The Balaban J connectivity index is 2.32. The quantitative estimate of drug-likeness (QED) is 0.751. The van der Waals surface area contributed by atoms with E-state index >= 15 is 0 Å². The standard InChI is InChI=1S/C16H22O2/c1-11-9-10-14(16(18-3)12(11)2)15(17)13-7-5-4-6-8-13/h9-10,13H,4-8H2,1-3H3. The predicted molar refractivity (Wildman–Crippen MR) is 73.4 cm³/mol. The molecule has 0 saturated heterocycles. The van der Waals surface area contributed by atoms with Gasteiger partial charge in [-0.2, -0.15) is 0 Å². The third-order valence-electron chi connectivity index (χ3n) is 4.12. The van der Waals surface area contributed by atoms with Crippen molar-refractivity contribution in [1.82, 2.24) is 0 Å². The van der Waals surface area contributed by atoms with Crippen molar-refractivity contribution in [3.8, 4) is 5.75 Å². The van der Waals surface area contributed by atoms with E-state index in [-0.39, 0.29) is 11.7 Å². The van der Waals surface area contributed by atoms with E-state index in [1.807, 2.05) is 26.0 Å². The molecule has 1 aromatic rings. The molecule has 0 heterocycles. The van der Waals surface area contributed by atoms with Gasteiger partial charge >= 0.3 is 0 Å². The van der Waals surface area contributed by atoms with Crippen LogP contribution in [0.25, 0.3) is 0 Å². The fraction of sp³-hybridized carbons (Fsp3) is 0.562. The highest BCUT2D eigenvalue weighted by atomic mass is 16.5. The number of carbonyl (C=O) groups is 1. The Morgan fingerprint density at radius 2 is 1.83 bits per heavy atom. The Morgan fingerprint density at radius 1 is 1.17 bits per heavy atom. The Hall–Kier alpha value is -1.31. The lowest BCUT2D eigenvalue weighted by atomic mass is 9.83. The Labute approximate surface area is 109 Å². The molecule has 0 bridgehead atoms. The predicted octanol–water partition coefficient (Wildman–Crippen LogP) is 4.08. The molecule has 0 aromatic heterocycles. The second-order valence-electron chi connectivity index (χ2n) is 5.29. The molecule has 0 radical (unpaired) electrons. The molecule has 0 atom stereocenters. The van der Waals surface area contributed by atoms with Crippen molar-refractivity contribution in [2.75, 3.05) is 7.11 Å². The lowest BCUT2D eigenvalue weighted by molar-refractivity contribution is 0.0886. The van der Waals surface area contributed by atoms with Crippen molar-refractivity contribution in [3.63, 3.8) is 0 Å². The van der Waals surface area contributed by atoms with Crippen LogP contribution in [0.1, 0.15) is 53.6 Å². The summed E-state index contributed by atoms with van der Waals surface area (Å²) < 4.78 is 5.45. The van der Waals surface area contributed by atoms with Crippen LogP contribution in [-0.4, -0.2) is 12.9 Å². The van der Waals surface area contributed by atoms with Crippen LogP contribution in [0.5, 0.6) is 5.75 Å². The van der Waals surface area contributed by atoms with E-state index in [9.17, 15) is 4.79 Å². The largest absolute Gasteiger partial charge is 0.496 e. The number of ketones is 1. The monoisotopic (exact) mass is 246 g/mol. The van der Waals surface area contributed by atoms with Crippen molar-refractivity contribution in [2.45, 2.75) is 46.0 Å². The Kier molecular flexibility index (Phi) is 4.05. The molecule has 0 unspecified atom stereocenters. The minimum absolute atomic E-state index is 0.203. The second kappa shape index (κ2) is 5.55. The van der Waals surface area contributed by atoms with Crippen LogP contribution in [0.4, 0.5) is 0 Å². The van der Waals surface area contributed by atoms with Gasteiger partial charge in [0.15, 0.2) is 5.78 Å². The molecule has 1 aliphatic rings. The SMILES string of the molecule is COc1c(C(=O)C2CCCCC2)ccc(C)c1C. The molecule has 0 aliphatic heterocycles. The molecular weight excluding hydrogens is 224 g/mol. The van der Waals surface area contributed by atoms with Gasteiger partial charge in [0.05, 0.1) is 12.7 Å². The average Bonchev–Trinajstić information content (AvgIpc) is 2.42. The average molecular weight is 246 g/mol. The molecule has 98 valence electrons. The number of carbonyl (C=O) groups excluding carboxylic acids is 1. The van der Waals surface area contributed by atoms with Gasteiger partial charge in [0.25, 0.3) is 0 Å². The Morgan fingerprint density at radius 3 is 2.44 bits per heavy atom. The van der Waals surface area contributed by atoms with Crippen LogP contribution in [-0.2, 0) is 0 Å². The van der Waals surface area contributed by atoms with Crippen LogP contribution in [0, 0.1) is 19.8 Å². The number of hydrogen-bond acceptors (Lipinski definition) is 2. The molecular formula is C16H22O2. The molecule has 18 heavy (non-hydrogen) atoms. The highest BCUT2D eigenvalue weighted by Crippen LogP contribution is 2.32. The minimum atomic E-state index is 0.203. The van der Waals surface area contributed by atoms with Crippen LogP contribution in [0.3, 0.4) is 0 Å². The van der Waals surface area contributed by atoms with E-state index in [0.717, 1.165) is 29.7 Å². The van der Waals surface area contributed by atoms with E-state index in [1.165, 1.54) is 24.8 Å². The summed E-state index contributed by atoms with van der Waals surface area (Å²) in [5.74, 6) is 1.25. The van der Waals surface area contributed by atoms with Gasteiger partial charge in [-0.25, -0.2) is 0 Å². The molecule has 2 nitrogen and oxygen atoms in total. The van der Waals surface area contributed by atoms with Gasteiger partial charge in [-0.3, -0.25) is 4.79 Å². The van der Waals surface area contributed by atoms with Crippen molar-refractivity contribution >= 4 is 5.78 Å². The van der Waals surface area contributed by atoms with Gasteiger partial charge in [0.2, 0.25) is 0 Å². The van der Waals surface area contributed by atoms with E-state index < -0.39 is 0 Å². The maximum atomic E-state index is 12.6. The Bertz CT molecular complexity index is 443. The fourth-order valence-electron chi connectivity index (χ4n) is 2.83. The summed E-state index contributed by atoms with van der Waals surface area (Å²) in [7, 11) is 1.65. The highest BCUT2D eigenvalue weighted by molar-refractivity contribution is 6.00. The molecule has 0 N–H and O–H groups in total. The van der Waals surface area contributed by atoms with Crippen molar-refractivity contribution in [2.24, 2.45) is 5.92 Å². The maximum Gasteiger partial charge on any atom is 0.169 e. The number of methoxy groups -OCH3 is 1. The summed E-state index contributed by atoms with van der Waals surface area (Å²) >= 11 is 0. The summed E-state index contributed by atoms with van der Waals surface area (Å²) in [5.41, 5.74) is 3.03. The lowest BCUT2D eigenvalue weighted by Crippen LogP contribution is -2.19. The van der Waals surface area contributed by atoms with E-state index in [2.05, 4.69) is 0 Å². The molecule has 1 saturated carbocycles. The number of hydrogen-bond donors (Lipinski definition) is 0. The van der Waals surface area contributed by atoms with Crippen molar-refractivity contribution in [3.05, 3.63) is 28.8 Å². The first-order chi connectivity index (χ1) is 8.65. The summed E-state index contributed by atoms with van der Waals surface area (Å²) in [6, 6.07) is 3.95. The summed E-state index contributed by atoms with van der Waals surface area (Å²) in [5, 5.41) is 0. The van der Waals surface area contributed by atoms with Crippen molar-refractivity contribution in [1.29, 1.82) is 0 Å². The van der Waals surface area contributed by atoms with Crippen LogP contribution < -0.4 is 4.74 Å². The zero-order valence-electron chi connectivity index (χ0n) is 11.6. The van der Waals surface area contributed by atoms with Crippen molar-refractivity contribution < 1.29 is 9.53 Å². The van der Waals surface area contributed by atoms with Gasteiger partial charge in [-0.1, -0.05) is 25.3 Å². The first-order valence-electron chi connectivity index (χ1n) is 6.83. The van der Waals surface area contributed by atoms with Crippen LogP contribution in [0.15, 0.2) is 12.1 Å². The molecule has 2 rings (SSSR count). The van der Waals surface area contributed by atoms with Crippen LogP contribution >= 0.6 is 0 Å². The zero-order valence-corrected chi connectivity index (χ0v) is 11.6. The highest BCUT2D eigenvalue weighted by Gasteiger charge is 2.25. The van der Waals surface area contributed by atoms with Gasteiger partial charge in [0, 0.05) is 5.92 Å². The number of Topliss-reactive ketones (excluding diaryl/α,β-unsaturated/α-hetero) is 1. The number of aryl methyl sites for hydroxylation is 1. The summed E-state index contributed by atoms with van der Waals surface area (Å²) in [6.45, 7) is 4.07. The third-order valence-corrected chi connectivity index (χ3v) is 4.12. The second-order valence-corrected chi connectivity index (χ2v) is 5.29. The number of ether oxygens (including phenoxy) is 1. The van der Waals surface area contributed by atoms with Gasteiger partial charge in [-0.15, -0.1) is 0 Å². The number of benzene rings is 1. The maximum absolute atomic E-state index is 12.6. The lowest BCUT2D eigenvalue weighted by Gasteiger charge is -2.22. The molecule has 1 fully saturated rings. The van der Waals surface area contributed by atoms with Crippen LogP contribution in [0.2, 0.25) is 0 Å². The van der Waals surface area contributed by atoms with E-state index in [1.54, 1.807) is 7.11 Å².